The third-order valence-corrected chi connectivity index (χ3v) is 4.07. The Morgan fingerprint density at radius 1 is 1.58 bits per heavy atom. The molecule has 1 saturated heterocycles. The number of rotatable bonds is 4. The minimum Gasteiger partial charge on any atom is -0.496 e. The van der Waals surface area contributed by atoms with Gasteiger partial charge in [-0.1, -0.05) is 0 Å². The number of nitrogens with zero attached hydrogens (tertiary/aromatic N) is 1. The van der Waals surface area contributed by atoms with E-state index in [1.54, 1.807) is 25.3 Å². The van der Waals surface area contributed by atoms with Crippen molar-refractivity contribution in [2.75, 3.05) is 33.8 Å². The highest BCUT2D eigenvalue weighted by Gasteiger charge is 2.20. The fraction of sp³-hybridized carbons (Fsp3) is 0.500. The van der Waals surface area contributed by atoms with Crippen LogP contribution in [0.1, 0.15) is 16.8 Å². The van der Waals surface area contributed by atoms with Crippen LogP contribution in [0.15, 0.2) is 22.7 Å². The summed E-state index contributed by atoms with van der Waals surface area (Å²) < 4.78 is 5.94. The van der Waals surface area contributed by atoms with Crippen molar-refractivity contribution >= 4 is 21.8 Å². The predicted octanol–water partition coefficient (Wildman–Crippen LogP) is 2.14. The molecule has 1 amide bonds. The van der Waals surface area contributed by atoms with Crippen molar-refractivity contribution in [3.63, 3.8) is 0 Å². The summed E-state index contributed by atoms with van der Waals surface area (Å²) in [4.78, 5) is 14.3. The molecule has 1 aromatic rings. The third kappa shape index (κ3) is 3.70. The third-order valence-electron chi connectivity index (χ3n) is 3.45. The molecule has 104 valence electrons. The summed E-state index contributed by atoms with van der Waals surface area (Å²) in [6.45, 7) is 2.92. The minimum atomic E-state index is -0.0297. The number of hydrogen-bond acceptors (Lipinski definition) is 3. The van der Waals surface area contributed by atoms with Crippen molar-refractivity contribution in [1.82, 2.24) is 10.2 Å². The number of methoxy groups -OCH3 is 1. The molecule has 1 unspecified atom stereocenters. The molecular formula is C14H19BrN2O2. The predicted molar refractivity (Wildman–Crippen MR) is 78.6 cm³/mol. The average molecular weight is 327 g/mol. The summed E-state index contributed by atoms with van der Waals surface area (Å²) in [5.41, 5.74) is 0.652. The van der Waals surface area contributed by atoms with Crippen LogP contribution >= 0.6 is 15.9 Å². The van der Waals surface area contributed by atoms with Gasteiger partial charge in [0.25, 0.3) is 5.91 Å². The van der Waals surface area contributed by atoms with Crippen LogP contribution in [0.5, 0.6) is 5.75 Å². The lowest BCUT2D eigenvalue weighted by molar-refractivity contribution is 0.0947. The molecule has 1 N–H and O–H groups in total. The van der Waals surface area contributed by atoms with Crippen LogP contribution in [0.3, 0.4) is 0 Å². The van der Waals surface area contributed by atoms with Crippen molar-refractivity contribution in [3.8, 4) is 5.75 Å². The fourth-order valence-electron chi connectivity index (χ4n) is 2.34. The Hall–Kier alpha value is -1.07. The molecule has 1 heterocycles. The number of carbonyl (C=O) groups excluding carboxylic acids is 1. The number of amides is 1. The van der Waals surface area contributed by atoms with Gasteiger partial charge in [-0.2, -0.15) is 0 Å². The second-order valence-electron chi connectivity index (χ2n) is 4.98. The molecule has 0 bridgehead atoms. The molecule has 1 aromatic carbocycles. The lowest BCUT2D eigenvalue weighted by Crippen LogP contribution is -2.30. The zero-order chi connectivity index (χ0) is 13.8. The second-order valence-corrected chi connectivity index (χ2v) is 5.83. The number of hydrogen-bond donors (Lipinski definition) is 1. The lowest BCUT2D eigenvalue weighted by atomic mass is 10.1. The first kappa shape index (κ1) is 14.3. The molecule has 1 fully saturated rings. The van der Waals surface area contributed by atoms with E-state index in [-0.39, 0.29) is 5.91 Å². The Morgan fingerprint density at radius 3 is 2.95 bits per heavy atom. The Morgan fingerprint density at radius 2 is 2.37 bits per heavy atom. The lowest BCUT2D eigenvalue weighted by Gasteiger charge is -2.12. The second kappa shape index (κ2) is 6.39. The molecule has 4 nitrogen and oxygen atoms in total. The van der Waals surface area contributed by atoms with Gasteiger partial charge in [-0.05, 0) is 60.1 Å². The highest BCUT2D eigenvalue weighted by Crippen LogP contribution is 2.25. The standard InChI is InChI=1S/C14H19BrN2O2/c1-17-6-5-10(9-17)8-16-14(18)11-3-4-13(19-2)12(15)7-11/h3-4,7,10H,5-6,8-9H2,1-2H3,(H,16,18). The van der Waals surface area contributed by atoms with Gasteiger partial charge < -0.3 is 15.0 Å². The molecule has 1 atom stereocenters. The highest BCUT2D eigenvalue weighted by molar-refractivity contribution is 9.10. The molecule has 5 heteroatoms. The first-order valence-corrected chi connectivity index (χ1v) is 7.19. The monoisotopic (exact) mass is 326 g/mol. The van der Waals surface area contributed by atoms with E-state index in [0.29, 0.717) is 11.5 Å². The van der Waals surface area contributed by atoms with Gasteiger partial charge in [-0.3, -0.25) is 4.79 Å². The molecular weight excluding hydrogens is 308 g/mol. The van der Waals surface area contributed by atoms with Crippen molar-refractivity contribution in [2.24, 2.45) is 5.92 Å². The van der Waals surface area contributed by atoms with Gasteiger partial charge in [-0.25, -0.2) is 0 Å². The normalized spacial score (nSPS) is 19.4. The van der Waals surface area contributed by atoms with Gasteiger partial charge in [0.2, 0.25) is 0 Å². The van der Waals surface area contributed by atoms with E-state index in [0.717, 1.165) is 36.3 Å². The van der Waals surface area contributed by atoms with Crippen LogP contribution < -0.4 is 10.1 Å². The zero-order valence-electron chi connectivity index (χ0n) is 11.3. The van der Waals surface area contributed by atoms with Gasteiger partial charge in [0.15, 0.2) is 0 Å². The first-order valence-electron chi connectivity index (χ1n) is 6.40. The largest absolute Gasteiger partial charge is 0.496 e. The molecule has 0 saturated carbocycles. The summed E-state index contributed by atoms with van der Waals surface area (Å²) in [5, 5.41) is 3.00. The topological polar surface area (TPSA) is 41.6 Å². The number of likely N-dealkylation sites (tertiary alicyclic amines) is 1. The fourth-order valence-corrected chi connectivity index (χ4v) is 2.88. The van der Waals surface area contributed by atoms with Crippen molar-refractivity contribution in [3.05, 3.63) is 28.2 Å². The van der Waals surface area contributed by atoms with E-state index in [1.807, 2.05) is 0 Å². The van der Waals surface area contributed by atoms with E-state index in [2.05, 4.69) is 33.2 Å². The first-order chi connectivity index (χ1) is 9.10. The molecule has 2 rings (SSSR count). The maximum Gasteiger partial charge on any atom is 0.251 e. The number of nitrogens with one attached hydrogen (secondary N) is 1. The smallest absolute Gasteiger partial charge is 0.251 e. The summed E-state index contributed by atoms with van der Waals surface area (Å²) in [7, 11) is 3.72. The van der Waals surface area contributed by atoms with E-state index >= 15 is 0 Å². The van der Waals surface area contributed by atoms with Crippen molar-refractivity contribution in [1.29, 1.82) is 0 Å². The van der Waals surface area contributed by atoms with Gasteiger partial charge in [0.05, 0.1) is 11.6 Å². The van der Waals surface area contributed by atoms with Gasteiger partial charge in [0, 0.05) is 18.7 Å². The maximum atomic E-state index is 12.0. The summed E-state index contributed by atoms with van der Waals surface area (Å²) in [6, 6.07) is 5.36. The highest BCUT2D eigenvalue weighted by atomic mass is 79.9. The van der Waals surface area contributed by atoms with Crippen LogP contribution in [-0.4, -0.2) is 44.6 Å². The van der Waals surface area contributed by atoms with Gasteiger partial charge in [-0.15, -0.1) is 0 Å². The molecule has 0 aliphatic carbocycles. The van der Waals surface area contributed by atoms with Crippen LogP contribution in [0.4, 0.5) is 0 Å². The Bertz CT molecular complexity index is 465. The molecule has 0 aromatic heterocycles. The van der Waals surface area contributed by atoms with E-state index < -0.39 is 0 Å². The minimum absolute atomic E-state index is 0.0297. The number of ether oxygens (including phenoxy) is 1. The van der Waals surface area contributed by atoms with Crippen molar-refractivity contribution < 1.29 is 9.53 Å². The Labute approximate surface area is 122 Å². The summed E-state index contributed by atoms with van der Waals surface area (Å²) in [5.74, 6) is 1.27. The van der Waals surface area contributed by atoms with E-state index in [4.69, 9.17) is 4.74 Å². The Kier molecular flexibility index (Phi) is 4.82. The van der Waals surface area contributed by atoms with E-state index in [1.165, 1.54) is 0 Å². The zero-order valence-corrected chi connectivity index (χ0v) is 12.9. The van der Waals surface area contributed by atoms with Crippen LogP contribution in [0.25, 0.3) is 0 Å². The Balaban J connectivity index is 1.91. The number of halogens is 1. The number of carbonyl (C=O) groups is 1. The van der Waals surface area contributed by atoms with Crippen LogP contribution in [-0.2, 0) is 0 Å². The van der Waals surface area contributed by atoms with Crippen LogP contribution in [0.2, 0.25) is 0 Å². The molecule has 0 radical (unpaired) electrons. The van der Waals surface area contributed by atoms with E-state index in [9.17, 15) is 4.79 Å². The molecule has 19 heavy (non-hydrogen) atoms. The molecule has 1 aliphatic rings. The van der Waals surface area contributed by atoms with Gasteiger partial charge >= 0.3 is 0 Å². The molecule has 0 spiro atoms. The molecule has 1 aliphatic heterocycles. The summed E-state index contributed by atoms with van der Waals surface area (Å²) in [6.07, 6.45) is 1.16. The van der Waals surface area contributed by atoms with Crippen LogP contribution in [0, 0.1) is 5.92 Å². The van der Waals surface area contributed by atoms with Gasteiger partial charge in [0.1, 0.15) is 5.75 Å². The maximum absolute atomic E-state index is 12.0. The SMILES string of the molecule is COc1ccc(C(=O)NCC2CCN(C)C2)cc1Br. The number of benzene rings is 1. The summed E-state index contributed by atoms with van der Waals surface area (Å²) >= 11 is 3.39. The quantitative estimate of drug-likeness (QED) is 0.921. The average Bonchev–Trinajstić information content (AvgIpc) is 2.81. The van der Waals surface area contributed by atoms with Crippen molar-refractivity contribution in [2.45, 2.75) is 6.42 Å².